The molecule has 0 bridgehead atoms. The number of hydrogen-bond donors (Lipinski definition) is 1. The summed E-state index contributed by atoms with van der Waals surface area (Å²) in [4.78, 5) is 25.8. The highest BCUT2D eigenvalue weighted by atomic mass is 19.1. The Kier molecular flexibility index (Phi) is 7.00. The number of piperazine rings is 1. The summed E-state index contributed by atoms with van der Waals surface area (Å²) in [6.07, 6.45) is -0.153. The Morgan fingerprint density at radius 1 is 1.18 bits per heavy atom. The van der Waals surface area contributed by atoms with Crippen molar-refractivity contribution in [3.63, 3.8) is 0 Å². The molecule has 0 spiro atoms. The minimum Gasteiger partial charge on any atom is -0.484 e. The average Bonchev–Trinajstić information content (AvgIpc) is 3.65. The van der Waals surface area contributed by atoms with Crippen LogP contribution in [0.5, 0.6) is 5.75 Å². The van der Waals surface area contributed by atoms with Crippen LogP contribution in [-0.4, -0.2) is 58.6 Å². The van der Waals surface area contributed by atoms with Crippen molar-refractivity contribution < 1.29 is 27.9 Å². The van der Waals surface area contributed by atoms with E-state index in [9.17, 15) is 14.9 Å². The molecule has 2 N–H and O–H groups in total. The van der Waals surface area contributed by atoms with Crippen LogP contribution in [0.2, 0.25) is 0 Å². The maximum Gasteiger partial charge on any atom is 0.269 e. The van der Waals surface area contributed by atoms with E-state index in [0.717, 1.165) is 16.2 Å². The number of aromatic nitrogens is 2. The lowest BCUT2D eigenvalue weighted by Crippen LogP contribution is -2.54. The largest absolute Gasteiger partial charge is 0.484 e. The van der Waals surface area contributed by atoms with Crippen molar-refractivity contribution >= 4 is 17.3 Å². The number of nitro groups is 1. The van der Waals surface area contributed by atoms with E-state index in [4.69, 9.17) is 19.5 Å². The van der Waals surface area contributed by atoms with Crippen LogP contribution in [0.3, 0.4) is 0 Å². The molecule has 1 saturated heterocycles. The van der Waals surface area contributed by atoms with Crippen molar-refractivity contribution in [1.29, 1.82) is 0 Å². The number of amides is 1. The van der Waals surface area contributed by atoms with Gasteiger partial charge in [-0.1, -0.05) is 28.5 Å². The van der Waals surface area contributed by atoms with Gasteiger partial charge >= 0.3 is 0 Å². The number of halogens is 1. The molecule has 0 radical (unpaired) electrons. The Morgan fingerprint density at radius 3 is 2.68 bits per heavy atom. The fourth-order valence-electron chi connectivity index (χ4n) is 4.19. The van der Waals surface area contributed by atoms with Crippen molar-refractivity contribution in [3.8, 4) is 17.0 Å². The minimum absolute atomic E-state index is 0.0521. The standard InChI is InChI=1S/C25H23FN6O6/c26-23-14-30(10-11-31(23)24(33)15-36-17-7-5-16(6-8-17)32(34)35)21-4-2-1-3-18(21)20-13-22(38-29-20)25(27)19-9-12-37-28-19/h1-9,12-13,23,25H,10-11,14-15,27H2. The number of rotatable bonds is 8. The molecule has 0 saturated carbocycles. The predicted molar refractivity (Wildman–Crippen MR) is 132 cm³/mol. The quantitative estimate of drug-likeness (QED) is 0.207. The van der Waals surface area contributed by atoms with Gasteiger partial charge in [0, 0.05) is 48.6 Å². The Bertz CT molecular complexity index is 1410. The average molecular weight is 522 g/mol. The zero-order valence-electron chi connectivity index (χ0n) is 20.0. The van der Waals surface area contributed by atoms with Crippen LogP contribution in [0.4, 0.5) is 15.8 Å². The molecule has 1 aliphatic heterocycles. The Labute approximate surface area is 215 Å². The van der Waals surface area contributed by atoms with E-state index in [1.54, 1.807) is 12.1 Å². The van der Waals surface area contributed by atoms with Gasteiger partial charge in [-0.2, -0.15) is 0 Å². The number of benzene rings is 2. The third-order valence-corrected chi connectivity index (χ3v) is 6.18. The highest BCUT2D eigenvalue weighted by molar-refractivity contribution is 5.79. The summed E-state index contributed by atoms with van der Waals surface area (Å²) < 4.78 is 30.9. The van der Waals surface area contributed by atoms with Crippen LogP contribution in [0.25, 0.3) is 11.3 Å². The molecule has 12 nitrogen and oxygen atoms in total. The van der Waals surface area contributed by atoms with Crippen molar-refractivity contribution in [2.75, 3.05) is 31.1 Å². The molecule has 5 rings (SSSR count). The molecule has 3 heterocycles. The summed E-state index contributed by atoms with van der Waals surface area (Å²) in [6, 6.07) is 15.4. The zero-order valence-corrected chi connectivity index (χ0v) is 20.0. The molecule has 2 atom stereocenters. The lowest BCUT2D eigenvalue weighted by atomic mass is 10.1. The number of carbonyl (C=O) groups excluding carboxylic acids is 1. The van der Waals surface area contributed by atoms with Crippen LogP contribution >= 0.6 is 0 Å². The number of nitrogens with two attached hydrogens (primary N) is 1. The maximum absolute atomic E-state index is 15.2. The first-order chi connectivity index (χ1) is 18.4. The third-order valence-electron chi connectivity index (χ3n) is 6.18. The molecule has 38 heavy (non-hydrogen) atoms. The summed E-state index contributed by atoms with van der Waals surface area (Å²) >= 11 is 0. The molecule has 2 aromatic carbocycles. The first-order valence-corrected chi connectivity index (χ1v) is 11.7. The van der Waals surface area contributed by atoms with Gasteiger partial charge in [0.05, 0.1) is 11.5 Å². The SMILES string of the molecule is NC(c1ccon1)c1cc(-c2ccccc2N2CCN(C(=O)COc3ccc([N+](=O)[O-])cc3)C(F)C2)no1. The second kappa shape index (κ2) is 10.7. The number of alkyl halides is 1. The summed E-state index contributed by atoms with van der Waals surface area (Å²) in [6.45, 7) is 0.0781. The molecule has 1 fully saturated rings. The Hall–Kier alpha value is -4.78. The van der Waals surface area contributed by atoms with E-state index in [1.807, 2.05) is 29.2 Å². The second-order valence-electron chi connectivity index (χ2n) is 8.54. The van der Waals surface area contributed by atoms with Crippen molar-refractivity contribution in [2.45, 2.75) is 12.3 Å². The smallest absolute Gasteiger partial charge is 0.269 e. The zero-order chi connectivity index (χ0) is 26.6. The van der Waals surface area contributed by atoms with E-state index in [1.165, 1.54) is 30.5 Å². The predicted octanol–water partition coefficient (Wildman–Crippen LogP) is 3.31. The van der Waals surface area contributed by atoms with Crippen molar-refractivity contribution in [2.24, 2.45) is 5.73 Å². The van der Waals surface area contributed by atoms with E-state index >= 15 is 4.39 Å². The molecule has 2 aromatic heterocycles. The van der Waals surface area contributed by atoms with E-state index < -0.39 is 23.2 Å². The molecule has 13 heteroatoms. The fourth-order valence-corrected chi connectivity index (χ4v) is 4.19. The van der Waals surface area contributed by atoms with Crippen LogP contribution in [0, 0.1) is 10.1 Å². The number of hydrogen-bond acceptors (Lipinski definition) is 10. The van der Waals surface area contributed by atoms with Crippen LogP contribution in [0.1, 0.15) is 17.5 Å². The van der Waals surface area contributed by atoms with Crippen LogP contribution in [-0.2, 0) is 4.79 Å². The van der Waals surface area contributed by atoms with E-state index in [-0.39, 0.29) is 31.1 Å². The molecular formula is C25H23FN6O6. The topological polar surface area (TPSA) is 154 Å². The van der Waals surface area contributed by atoms with Gasteiger partial charge in [0.2, 0.25) is 0 Å². The maximum atomic E-state index is 15.2. The number of para-hydroxylation sites is 1. The Balaban J connectivity index is 1.23. The number of nitrogens with zero attached hydrogens (tertiary/aromatic N) is 5. The molecule has 0 aliphatic carbocycles. The molecule has 4 aromatic rings. The number of carbonyl (C=O) groups is 1. The van der Waals surface area contributed by atoms with Gasteiger partial charge < -0.3 is 29.3 Å². The summed E-state index contributed by atoms with van der Waals surface area (Å²) in [5.74, 6) is 0.157. The Morgan fingerprint density at radius 2 is 1.97 bits per heavy atom. The minimum atomic E-state index is -1.57. The molecule has 1 aliphatic rings. The summed E-state index contributed by atoms with van der Waals surface area (Å²) in [7, 11) is 0. The number of ether oxygens (including phenoxy) is 1. The van der Waals surface area contributed by atoms with Crippen LogP contribution < -0.4 is 15.4 Å². The highest BCUT2D eigenvalue weighted by Gasteiger charge is 2.32. The fraction of sp³-hybridized carbons (Fsp3) is 0.240. The lowest BCUT2D eigenvalue weighted by Gasteiger charge is -2.39. The normalized spacial score (nSPS) is 16.3. The van der Waals surface area contributed by atoms with Gasteiger partial charge in [-0.25, -0.2) is 4.39 Å². The van der Waals surface area contributed by atoms with Crippen molar-refractivity contribution in [1.82, 2.24) is 15.2 Å². The molecule has 2 unspecified atom stereocenters. The van der Waals surface area contributed by atoms with Crippen LogP contribution in [0.15, 0.2) is 76.0 Å². The van der Waals surface area contributed by atoms with Crippen molar-refractivity contribution in [3.05, 3.63) is 88.5 Å². The van der Waals surface area contributed by atoms with Gasteiger partial charge in [0.15, 0.2) is 18.7 Å². The summed E-state index contributed by atoms with van der Waals surface area (Å²) in [5, 5.41) is 18.7. The first kappa shape index (κ1) is 24.9. The lowest BCUT2D eigenvalue weighted by molar-refractivity contribution is -0.384. The van der Waals surface area contributed by atoms with Gasteiger partial charge in [0.25, 0.3) is 11.6 Å². The molecule has 196 valence electrons. The van der Waals surface area contributed by atoms with Gasteiger partial charge in [-0.05, 0) is 18.2 Å². The third kappa shape index (κ3) is 5.18. The number of non-ortho nitro benzene ring substituents is 1. The second-order valence-corrected chi connectivity index (χ2v) is 8.54. The first-order valence-electron chi connectivity index (χ1n) is 11.7. The molecular weight excluding hydrogens is 499 g/mol. The highest BCUT2D eigenvalue weighted by Crippen LogP contribution is 2.33. The number of nitro benzene ring substituents is 1. The van der Waals surface area contributed by atoms with E-state index in [0.29, 0.717) is 23.7 Å². The molecule has 1 amide bonds. The monoisotopic (exact) mass is 522 g/mol. The van der Waals surface area contributed by atoms with Gasteiger partial charge in [-0.15, -0.1) is 0 Å². The van der Waals surface area contributed by atoms with Gasteiger partial charge in [-0.3, -0.25) is 14.9 Å². The number of anilines is 1. The van der Waals surface area contributed by atoms with Gasteiger partial charge in [0.1, 0.15) is 29.4 Å². The van der Waals surface area contributed by atoms with E-state index in [2.05, 4.69) is 10.3 Å². The summed E-state index contributed by atoms with van der Waals surface area (Å²) in [5.41, 5.74) is 8.58.